The summed E-state index contributed by atoms with van der Waals surface area (Å²) in [7, 11) is 1.55. The second-order valence-electron chi connectivity index (χ2n) is 6.78. The van der Waals surface area contributed by atoms with Gasteiger partial charge >= 0.3 is 6.03 Å². The molecular formula is C18H24FN3O3. The molecule has 25 heavy (non-hydrogen) atoms. The van der Waals surface area contributed by atoms with E-state index in [-0.39, 0.29) is 42.0 Å². The SMILES string of the molecule is CO[C@H](CNC(=O)N[C@H]1CCC(=O)NC12CCC2)c1ccc(F)cc1. The fraction of sp³-hybridized carbons (Fsp3) is 0.556. The molecule has 0 bridgehead atoms. The van der Waals surface area contributed by atoms with Crippen LogP contribution in [0.4, 0.5) is 9.18 Å². The summed E-state index contributed by atoms with van der Waals surface area (Å²) in [6.07, 6.45) is 3.61. The van der Waals surface area contributed by atoms with Crippen molar-refractivity contribution < 1.29 is 18.7 Å². The Morgan fingerprint density at radius 2 is 2.12 bits per heavy atom. The van der Waals surface area contributed by atoms with E-state index in [0.717, 1.165) is 24.8 Å². The molecule has 2 fully saturated rings. The molecular weight excluding hydrogens is 325 g/mol. The number of amides is 3. The van der Waals surface area contributed by atoms with Crippen molar-refractivity contribution in [2.75, 3.05) is 13.7 Å². The van der Waals surface area contributed by atoms with Crippen molar-refractivity contribution in [3.63, 3.8) is 0 Å². The van der Waals surface area contributed by atoms with Crippen LogP contribution in [0.3, 0.4) is 0 Å². The molecule has 0 aromatic heterocycles. The van der Waals surface area contributed by atoms with Crippen molar-refractivity contribution in [1.29, 1.82) is 0 Å². The Bertz CT molecular complexity index is 631. The molecule has 136 valence electrons. The largest absolute Gasteiger partial charge is 0.375 e. The maximum Gasteiger partial charge on any atom is 0.315 e. The first-order valence-corrected chi connectivity index (χ1v) is 8.66. The maximum atomic E-state index is 13.0. The molecule has 0 unspecified atom stereocenters. The number of carbonyl (C=O) groups excluding carboxylic acids is 2. The highest BCUT2D eigenvalue weighted by Gasteiger charge is 2.48. The van der Waals surface area contributed by atoms with Crippen molar-refractivity contribution in [2.45, 2.75) is 49.8 Å². The predicted octanol–water partition coefficient (Wildman–Crippen LogP) is 2.01. The molecule has 1 saturated carbocycles. The highest BCUT2D eigenvalue weighted by Crippen LogP contribution is 2.38. The van der Waals surface area contributed by atoms with Gasteiger partial charge in [0.2, 0.25) is 5.91 Å². The number of ether oxygens (including phenoxy) is 1. The quantitative estimate of drug-likeness (QED) is 0.761. The van der Waals surface area contributed by atoms with Gasteiger partial charge in [0.25, 0.3) is 0 Å². The molecule has 1 aromatic rings. The normalized spacial score (nSPS) is 22.6. The Labute approximate surface area is 146 Å². The molecule has 1 aliphatic carbocycles. The van der Waals surface area contributed by atoms with Gasteiger partial charge < -0.3 is 20.7 Å². The minimum absolute atomic E-state index is 0.0502. The van der Waals surface area contributed by atoms with Crippen LogP contribution in [0.25, 0.3) is 0 Å². The molecule has 7 heteroatoms. The molecule has 1 saturated heterocycles. The summed E-state index contributed by atoms with van der Waals surface area (Å²) in [5, 5.41) is 8.85. The van der Waals surface area contributed by atoms with Crippen LogP contribution in [0, 0.1) is 5.82 Å². The summed E-state index contributed by atoms with van der Waals surface area (Å²) in [5.74, 6) is -0.247. The molecule has 1 spiro atoms. The van der Waals surface area contributed by atoms with Gasteiger partial charge in [0.15, 0.2) is 0 Å². The molecule has 6 nitrogen and oxygen atoms in total. The number of piperidine rings is 1. The second kappa shape index (κ2) is 7.39. The Hall–Kier alpha value is -2.15. The molecule has 3 N–H and O–H groups in total. The summed E-state index contributed by atoms with van der Waals surface area (Å²) in [5.41, 5.74) is 0.522. The zero-order valence-electron chi connectivity index (χ0n) is 14.3. The first kappa shape index (κ1) is 17.7. The lowest BCUT2D eigenvalue weighted by atomic mass is 9.68. The number of halogens is 1. The molecule has 1 heterocycles. The van der Waals surface area contributed by atoms with Crippen LogP contribution in [0.2, 0.25) is 0 Å². The van der Waals surface area contributed by atoms with Crippen LogP contribution < -0.4 is 16.0 Å². The van der Waals surface area contributed by atoms with E-state index in [1.165, 1.54) is 12.1 Å². The van der Waals surface area contributed by atoms with Crippen LogP contribution in [0.1, 0.15) is 43.8 Å². The van der Waals surface area contributed by atoms with Crippen LogP contribution in [0.5, 0.6) is 0 Å². The Morgan fingerprint density at radius 1 is 1.40 bits per heavy atom. The van der Waals surface area contributed by atoms with Crippen LogP contribution in [-0.2, 0) is 9.53 Å². The number of urea groups is 1. The van der Waals surface area contributed by atoms with Gasteiger partial charge in [-0.15, -0.1) is 0 Å². The first-order valence-electron chi connectivity index (χ1n) is 8.66. The molecule has 1 aromatic carbocycles. The van der Waals surface area contributed by atoms with E-state index in [2.05, 4.69) is 16.0 Å². The third kappa shape index (κ3) is 3.92. The zero-order chi connectivity index (χ0) is 17.9. The Kier molecular flexibility index (Phi) is 5.22. The zero-order valence-corrected chi connectivity index (χ0v) is 14.3. The minimum Gasteiger partial charge on any atom is -0.375 e. The fourth-order valence-corrected chi connectivity index (χ4v) is 3.63. The number of methoxy groups -OCH3 is 1. The van der Waals surface area contributed by atoms with Gasteiger partial charge in [0, 0.05) is 20.1 Å². The second-order valence-corrected chi connectivity index (χ2v) is 6.78. The topological polar surface area (TPSA) is 79.5 Å². The first-order chi connectivity index (χ1) is 12.0. The summed E-state index contributed by atoms with van der Waals surface area (Å²) < 4.78 is 18.4. The molecule has 2 aliphatic rings. The highest BCUT2D eigenvalue weighted by molar-refractivity contribution is 5.79. The summed E-state index contributed by atoms with van der Waals surface area (Å²) in [6, 6.07) is 5.69. The maximum absolute atomic E-state index is 13.0. The average molecular weight is 349 g/mol. The third-order valence-electron chi connectivity index (χ3n) is 5.24. The standard InChI is InChI=1S/C18H24FN3O3/c1-25-14(12-3-5-13(19)6-4-12)11-20-17(24)21-15-7-8-16(23)22-18(15)9-2-10-18/h3-6,14-15H,2,7-11H2,1H3,(H,22,23)(H2,20,21,24)/t14-,15+/m1/s1. The average Bonchev–Trinajstić information content (AvgIpc) is 2.57. The number of rotatable bonds is 5. The summed E-state index contributed by atoms with van der Waals surface area (Å²) >= 11 is 0. The van der Waals surface area contributed by atoms with Crippen LogP contribution in [-0.4, -0.2) is 37.2 Å². The third-order valence-corrected chi connectivity index (χ3v) is 5.24. The van der Waals surface area contributed by atoms with Crippen molar-refractivity contribution in [1.82, 2.24) is 16.0 Å². The Morgan fingerprint density at radius 3 is 2.72 bits per heavy atom. The predicted molar refractivity (Wildman–Crippen MR) is 90.4 cm³/mol. The van der Waals surface area contributed by atoms with Gasteiger partial charge in [-0.05, 0) is 43.4 Å². The van der Waals surface area contributed by atoms with Gasteiger partial charge in [-0.2, -0.15) is 0 Å². The molecule has 0 radical (unpaired) electrons. The van der Waals surface area contributed by atoms with Crippen molar-refractivity contribution in [3.05, 3.63) is 35.6 Å². The number of nitrogens with one attached hydrogen (secondary N) is 3. The van der Waals surface area contributed by atoms with Crippen LogP contribution >= 0.6 is 0 Å². The molecule has 3 rings (SSSR count). The highest BCUT2D eigenvalue weighted by atomic mass is 19.1. The smallest absolute Gasteiger partial charge is 0.315 e. The number of hydrogen-bond donors (Lipinski definition) is 3. The van der Waals surface area contributed by atoms with Crippen molar-refractivity contribution in [2.24, 2.45) is 0 Å². The van der Waals surface area contributed by atoms with Gasteiger partial charge in [-0.25, -0.2) is 9.18 Å². The van der Waals surface area contributed by atoms with E-state index in [1.807, 2.05) is 0 Å². The number of hydrogen-bond acceptors (Lipinski definition) is 3. The van der Waals surface area contributed by atoms with Crippen LogP contribution in [0.15, 0.2) is 24.3 Å². The summed E-state index contributed by atoms with van der Waals surface area (Å²) in [6.45, 7) is 0.278. The fourth-order valence-electron chi connectivity index (χ4n) is 3.63. The lowest BCUT2D eigenvalue weighted by Crippen LogP contribution is -2.69. The number of benzene rings is 1. The van der Waals surface area contributed by atoms with Crippen molar-refractivity contribution in [3.8, 4) is 0 Å². The van der Waals surface area contributed by atoms with E-state index in [9.17, 15) is 14.0 Å². The number of carbonyl (C=O) groups is 2. The molecule has 2 atom stereocenters. The van der Waals surface area contributed by atoms with Gasteiger partial charge in [-0.1, -0.05) is 12.1 Å². The minimum atomic E-state index is -0.352. The monoisotopic (exact) mass is 349 g/mol. The van der Waals surface area contributed by atoms with E-state index < -0.39 is 0 Å². The lowest BCUT2D eigenvalue weighted by molar-refractivity contribution is -0.127. The van der Waals surface area contributed by atoms with E-state index in [0.29, 0.717) is 12.8 Å². The van der Waals surface area contributed by atoms with Gasteiger partial charge in [0.1, 0.15) is 5.82 Å². The van der Waals surface area contributed by atoms with E-state index in [4.69, 9.17) is 4.74 Å². The van der Waals surface area contributed by atoms with E-state index >= 15 is 0 Å². The summed E-state index contributed by atoms with van der Waals surface area (Å²) in [4.78, 5) is 23.9. The molecule has 1 aliphatic heterocycles. The molecule has 3 amide bonds. The van der Waals surface area contributed by atoms with Crippen molar-refractivity contribution >= 4 is 11.9 Å². The Balaban J connectivity index is 1.53. The van der Waals surface area contributed by atoms with E-state index in [1.54, 1.807) is 19.2 Å². The van der Waals surface area contributed by atoms with Gasteiger partial charge in [0.05, 0.1) is 17.7 Å². The lowest BCUT2D eigenvalue weighted by Gasteiger charge is -2.50. The van der Waals surface area contributed by atoms with Gasteiger partial charge in [-0.3, -0.25) is 4.79 Å².